The lowest BCUT2D eigenvalue weighted by atomic mass is 10.1. The molecule has 0 bridgehead atoms. The Bertz CT molecular complexity index is 831. The van der Waals surface area contributed by atoms with Crippen molar-refractivity contribution in [3.05, 3.63) is 60.2 Å². The van der Waals surface area contributed by atoms with E-state index in [9.17, 15) is 9.18 Å². The number of hydrogen-bond acceptors (Lipinski definition) is 3. The molecule has 0 spiro atoms. The van der Waals surface area contributed by atoms with Gasteiger partial charge in [0.2, 0.25) is 5.91 Å². The predicted molar refractivity (Wildman–Crippen MR) is 82.5 cm³/mol. The van der Waals surface area contributed by atoms with E-state index in [0.29, 0.717) is 12.1 Å². The second-order valence-electron chi connectivity index (χ2n) is 5.02. The molecule has 2 aromatic heterocycles. The van der Waals surface area contributed by atoms with Gasteiger partial charge in [-0.1, -0.05) is 6.07 Å². The molecule has 5 heteroatoms. The third kappa shape index (κ3) is 3.09. The zero-order valence-corrected chi connectivity index (χ0v) is 12.0. The molecule has 0 saturated heterocycles. The highest BCUT2D eigenvalue weighted by Gasteiger charge is 2.04. The molecule has 0 saturated carbocycles. The molecular formula is C17H14FN3O. The number of rotatable bonds is 3. The first-order valence-electron chi connectivity index (χ1n) is 6.87. The van der Waals surface area contributed by atoms with E-state index in [1.807, 2.05) is 18.2 Å². The van der Waals surface area contributed by atoms with Crippen LogP contribution >= 0.6 is 0 Å². The molecule has 0 unspecified atom stereocenters. The van der Waals surface area contributed by atoms with Crippen LogP contribution in [0.5, 0.6) is 0 Å². The molecule has 0 aliphatic heterocycles. The largest absolute Gasteiger partial charge is 0.352 e. The van der Waals surface area contributed by atoms with E-state index in [4.69, 9.17) is 0 Å². The van der Waals surface area contributed by atoms with E-state index >= 15 is 0 Å². The van der Waals surface area contributed by atoms with Crippen LogP contribution < -0.4 is 5.32 Å². The summed E-state index contributed by atoms with van der Waals surface area (Å²) in [5.74, 6) is -0.372. The maximum absolute atomic E-state index is 13.2. The Morgan fingerprint density at radius 1 is 1.14 bits per heavy atom. The summed E-state index contributed by atoms with van der Waals surface area (Å²) in [7, 11) is 0. The number of nitrogens with zero attached hydrogens (tertiary/aromatic N) is 2. The van der Waals surface area contributed by atoms with Crippen LogP contribution in [-0.2, 0) is 11.3 Å². The Kier molecular flexibility index (Phi) is 3.78. The van der Waals surface area contributed by atoms with Gasteiger partial charge in [-0.3, -0.25) is 14.8 Å². The predicted octanol–water partition coefficient (Wildman–Crippen LogP) is 3.07. The highest BCUT2D eigenvalue weighted by molar-refractivity contribution is 5.82. The Morgan fingerprint density at radius 2 is 2.00 bits per heavy atom. The number of pyridine rings is 2. The van der Waals surface area contributed by atoms with Crippen molar-refractivity contribution in [1.82, 2.24) is 15.3 Å². The molecule has 4 nitrogen and oxygen atoms in total. The molecule has 0 atom stereocenters. The van der Waals surface area contributed by atoms with E-state index in [0.717, 1.165) is 22.2 Å². The first-order valence-corrected chi connectivity index (χ1v) is 6.87. The normalized spacial score (nSPS) is 10.6. The van der Waals surface area contributed by atoms with Gasteiger partial charge in [0.1, 0.15) is 5.82 Å². The van der Waals surface area contributed by atoms with Gasteiger partial charge in [-0.25, -0.2) is 4.39 Å². The molecule has 0 radical (unpaired) electrons. The van der Waals surface area contributed by atoms with Crippen LogP contribution in [0, 0.1) is 5.82 Å². The fraction of sp³-hybridized carbons (Fsp3) is 0.118. The van der Waals surface area contributed by atoms with Gasteiger partial charge in [-0.15, -0.1) is 0 Å². The second-order valence-corrected chi connectivity index (χ2v) is 5.02. The Hall–Kier alpha value is -2.82. The summed E-state index contributed by atoms with van der Waals surface area (Å²) in [6.45, 7) is 1.93. The lowest BCUT2D eigenvalue weighted by Gasteiger charge is -2.05. The molecular weight excluding hydrogens is 281 g/mol. The Labute approximate surface area is 127 Å². The van der Waals surface area contributed by atoms with Gasteiger partial charge < -0.3 is 5.32 Å². The van der Waals surface area contributed by atoms with Crippen LogP contribution in [0.1, 0.15) is 12.5 Å². The van der Waals surface area contributed by atoms with Gasteiger partial charge in [0.25, 0.3) is 0 Å². The van der Waals surface area contributed by atoms with Crippen molar-refractivity contribution >= 4 is 16.8 Å². The molecule has 0 fully saturated rings. The van der Waals surface area contributed by atoms with Gasteiger partial charge in [0, 0.05) is 42.9 Å². The van der Waals surface area contributed by atoms with Crippen molar-refractivity contribution in [2.45, 2.75) is 13.5 Å². The molecule has 2 heterocycles. The first kappa shape index (κ1) is 14.1. The summed E-state index contributed by atoms with van der Waals surface area (Å²) in [5.41, 5.74) is 3.19. The minimum Gasteiger partial charge on any atom is -0.352 e. The number of fused-ring (bicyclic) bond motifs is 1. The van der Waals surface area contributed by atoms with Crippen molar-refractivity contribution in [2.24, 2.45) is 0 Å². The van der Waals surface area contributed by atoms with Crippen LogP contribution in [0.3, 0.4) is 0 Å². The van der Waals surface area contributed by atoms with Gasteiger partial charge in [0.05, 0.1) is 11.2 Å². The number of nitrogens with one attached hydrogen (secondary N) is 1. The van der Waals surface area contributed by atoms with Crippen molar-refractivity contribution in [2.75, 3.05) is 0 Å². The van der Waals surface area contributed by atoms with E-state index in [1.54, 1.807) is 18.5 Å². The molecule has 22 heavy (non-hydrogen) atoms. The van der Waals surface area contributed by atoms with Gasteiger partial charge in [0.15, 0.2) is 0 Å². The lowest BCUT2D eigenvalue weighted by molar-refractivity contribution is -0.119. The zero-order chi connectivity index (χ0) is 15.5. The SMILES string of the molecule is CC(=O)NCc1ccc(-c2cnc3cc(F)ccc3c2)nc1. The van der Waals surface area contributed by atoms with Crippen molar-refractivity contribution in [3.8, 4) is 11.3 Å². The molecule has 3 rings (SSSR count). The Morgan fingerprint density at radius 3 is 2.73 bits per heavy atom. The molecule has 1 N–H and O–H groups in total. The summed E-state index contributed by atoms with van der Waals surface area (Å²) in [6, 6.07) is 10.2. The smallest absolute Gasteiger partial charge is 0.217 e. The highest BCUT2D eigenvalue weighted by atomic mass is 19.1. The van der Waals surface area contributed by atoms with Crippen LogP contribution in [0.2, 0.25) is 0 Å². The van der Waals surface area contributed by atoms with Crippen molar-refractivity contribution in [1.29, 1.82) is 0 Å². The van der Waals surface area contributed by atoms with Gasteiger partial charge in [-0.2, -0.15) is 0 Å². The molecule has 3 aromatic rings. The van der Waals surface area contributed by atoms with E-state index in [2.05, 4.69) is 15.3 Å². The fourth-order valence-corrected chi connectivity index (χ4v) is 2.16. The number of halogens is 1. The van der Waals surface area contributed by atoms with Crippen LogP contribution in [0.25, 0.3) is 22.2 Å². The third-order valence-corrected chi connectivity index (χ3v) is 3.31. The van der Waals surface area contributed by atoms with Crippen LogP contribution in [-0.4, -0.2) is 15.9 Å². The number of benzene rings is 1. The van der Waals surface area contributed by atoms with Crippen molar-refractivity contribution < 1.29 is 9.18 Å². The second kappa shape index (κ2) is 5.89. The van der Waals surface area contributed by atoms with Crippen LogP contribution in [0.4, 0.5) is 4.39 Å². The summed E-state index contributed by atoms with van der Waals surface area (Å²) in [5, 5.41) is 3.59. The molecule has 1 aromatic carbocycles. The third-order valence-electron chi connectivity index (χ3n) is 3.31. The summed E-state index contributed by atoms with van der Waals surface area (Å²) < 4.78 is 13.2. The fourth-order valence-electron chi connectivity index (χ4n) is 2.16. The lowest BCUT2D eigenvalue weighted by Crippen LogP contribution is -2.18. The monoisotopic (exact) mass is 295 g/mol. The average molecular weight is 295 g/mol. The van der Waals surface area contributed by atoms with Gasteiger partial charge in [-0.05, 0) is 29.8 Å². The number of amides is 1. The standard InChI is InChI=1S/C17H14FN3O/c1-11(22)19-8-12-2-5-16(20-9-12)14-6-13-3-4-15(18)7-17(13)21-10-14/h2-7,9-10H,8H2,1H3,(H,19,22). The summed E-state index contributed by atoms with van der Waals surface area (Å²) >= 11 is 0. The maximum Gasteiger partial charge on any atom is 0.217 e. The number of hydrogen-bond donors (Lipinski definition) is 1. The first-order chi connectivity index (χ1) is 10.6. The summed E-state index contributed by atoms with van der Waals surface area (Å²) in [4.78, 5) is 19.5. The van der Waals surface area contributed by atoms with Crippen molar-refractivity contribution in [3.63, 3.8) is 0 Å². The number of carbonyl (C=O) groups is 1. The minimum absolute atomic E-state index is 0.0740. The quantitative estimate of drug-likeness (QED) is 0.808. The molecule has 0 aliphatic rings. The van der Waals surface area contributed by atoms with Gasteiger partial charge >= 0.3 is 0 Å². The molecule has 1 amide bonds. The van der Waals surface area contributed by atoms with E-state index in [-0.39, 0.29) is 11.7 Å². The number of carbonyl (C=O) groups excluding carboxylic acids is 1. The number of aromatic nitrogens is 2. The maximum atomic E-state index is 13.2. The van der Waals surface area contributed by atoms with E-state index in [1.165, 1.54) is 19.1 Å². The molecule has 110 valence electrons. The Balaban J connectivity index is 1.87. The summed E-state index contributed by atoms with van der Waals surface area (Å²) in [6.07, 6.45) is 3.40. The van der Waals surface area contributed by atoms with E-state index < -0.39 is 0 Å². The highest BCUT2D eigenvalue weighted by Crippen LogP contribution is 2.21. The average Bonchev–Trinajstić information content (AvgIpc) is 2.53. The minimum atomic E-state index is -0.298. The topological polar surface area (TPSA) is 54.9 Å². The zero-order valence-electron chi connectivity index (χ0n) is 12.0. The molecule has 0 aliphatic carbocycles. The van der Waals surface area contributed by atoms with Crippen LogP contribution in [0.15, 0.2) is 48.8 Å².